The highest BCUT2D eigenvalue weighted by atomic mass is 32.1. The molecule has 234 valence electrons. The Morgan fingerprint density at radius 3 is 2.08 bits per heavy atom. The quantitative estimate of drug-likeness (QED) is 0.188. The van der Waals surface area contributed by atoms with Crippen LogP contribution in [-0.2, 0) is 0 Å². The molecule has 50 heavy (non-hydrogen) atoms. The van der Waals surface area contributed by atoms with Crippen molar-refractivity contribution >= 4 is 103 Å². The Bertz CT molecular complexity index is 3110. The molecule has 0 amide bonds. The van der Waals surface area contributed by atoms with Crippen molar-refractivity contribution in [1.29, 1.82) is 0 Å². The Balaban J connectivity index is 1.22. The number of furan rings is 1. The van der Waals surface area contributed by atoms with Gasteiger partial charge in [-0.15, -0.1) is 11.3 Å². The second-order valence-corrected chi connectivity index (χ2v) is 14.0. The van der Waals surface area contributed by atoms with Crippen molar-refractivity contribution in [3.8, 4) is 5.69 Å². The Kier molecular flexibility index (Phi) is 5.83. The molecule has 0 aliphatic heterocycles. The number of anilines is 3. The number of hydrogen-bond acceptors (Lipinski definition) is 3. The number of aromatic nitrogens is 1. The molecule has 3 aromatic heterocycles. The van der Waals surface area contributed by atoms with Crippen molar-refractivity contribution in [1.82, 2.24) is 4.57 Å². The van der Waals surface area contributed by atoms with E-state index in [0.717, 1.165) is 50.1 Å². The number of nitrogens with zero attached hydrogens (tertiary/aromatic N) is 2. The SMILES string of the molecule is c1ccc(-n2c3ccccc3c3cc(N(c4ccc5c(c4)sc4ccccc45)c4cccc5oc6c7ccccc7ccc6c45)ccc32)cc1. The molecule has 3 heterocycles. The lowest BCUT2D eigenvalue weighted by Crippen LogP contribution is -2.10. The van der Waals surface area contributed by atoms with Gasteiger partial charge in [-0.3, -0.25) is 0 Å². The van der Waals surface area contributed by atoms with Crippen LogP contribution in [0.4, 0.5) is 17.1 Å². The lowest BCUT2D eigenvalue weighted by Gasteiger charge is -2.26. The summed E-state index contributed by atoms with van der Waals surface area (Å²) in [4.78, 5) is 2.42. The maximum absolute atomic E-state index is 6.69. The van der Waals surface area contributed by atoms with Crippen LogP contribution in [0.1, 0.15) is 0 Å². The molecule has 0 spiro atoms. The summed E-state index contributed by atoms with van der Waals surface area (Å²) in [5.74, 6) is 0. The molecule has 0 aliphatic rings. The molecular weight excluding hydrogens is 629 g/mol. The summed E-state index contributed by atoms with van der Waals surface area (Å²) in [6.07, 6.45) is 0. The minimum atomic E-state index is 0.878. The topological polar surface area (TPSA) is 21.3 Å². The van der Waals surface area contributed by atoms with Gasteiger partial charge in [-0.25, -0.2) is 0 Å². The van der Waals surface area contributed by atoms with Crippen molar-refractivity contribution < 1.29 is 4.42 Å². The number of fused-ring (bicyclic) bond motifs is 11. The fourth-order valence-electron chi connectivity index (χ4n) is 7.96. The number of rotatable bonds is 4. The normalized spacial score (nSPS) is 12.0. The standard InChI is InChI=1S/C46H28N2OS/c1-2-12-30(13-3-1)48-39-17-8-6-15-34(39)38-27-31(23-26-40(38)48)47(32-22-25-36-35-16-7-9-20-43(35)50-44(36)28-32)41-18-10-19-42-45(41)37-24-21-29-11-4-5-14-33(29)46(37)49-42/h1-28H. The summed E-state index contributed by atoms with van der Waals surface area (Å²) in [5, 5.41) is 9.55. The van der Waals surface area contributed by atoms with Gasteiger partial charge in [0.05, 0.1) is 22.1 Å². The summed E-state index contributed by atoms with van der Waals surface area (Å²) in [6.45, 7) is 0. The summed E-state index contributed by atoms with van der Waals surface area (Å²) in [6, 6.07) is 61.3. The molecule has 3 nitrogen and oxygen atoms in total. The van der Waals surface area contributed by atoms with E-state index in [9.17, 15) is 0 Å². The van der Waals surface area contributed by atoms with Gasteiger partial charge in [0.1, 0.15) is 11.2 Å². The van der Waals surface area contributed by atoms with Crippen molar-refractivity contribution in [3.05, 3.63) is 170 Å². The molecule has 0 saturated carbocycles. The Hall–Kier alpha value is -6.36. The Labute approximate surface area is 291 Å². The van der Waals surface area contributed by atoms with Gasteiger partial charge in [-0.2, -0.15) is 0 Å². The van der Waals surface area contributed by atoms with E-state index in [0.29, 0.717) is 0 Å². The zero-order valence-electron chi connectivity index (χ0n) is 26.9. The van der Waals surface area contributed by atoms with Gasteiger partial charge in [0.2, 0.25) is 0 Å². The van der Waals surface area contributed by atoms with E-state index in [1.165, 1.54) is 47.4 Å². The number of benzene rings is 8. The molecule has 0 radical (unpaired) electrons. The largest absolute Gasteiger partial charge is 0.455 e. The van der Waals surface area contributed by atoms with E-state index in [1.807, 2.05) is 11.3 Å². The first-order valence-electron chi connectivity index (χ1n) is 16.9. The van der Waals surface area contributed by atoms with Crippen LogP contribution in [0, 0.1) is 0 Å². The maximum atomic E-state index is 6.69. The summed E-state index contributed by atoms with van der Waals surface area (Å²) in [7, 11) is 0. The van der Waals surface area contributed by atoms with Gasteiger partial charge in [0, 0.05) is 58.8 Å². The second kappa shape index (κ2) is 10.6. The highest BCUT2D eigenvalue weighted by Crippen LogP contribution is 2.47. The Morgan fingerprint density at radius 2 is 1.16 bits per heavy atom. The number of hydrogen-bond donors (Lipinski definition) is 0. The monoisotopic (exact) mass is 656 g/mol. The van der Waals surface area contributed by atoms with Crippen molar-refractivity contribution in [2.45, 2.75) is 0 Å². The first kappa shape index (κ1) is 27.6. The molecule has 0 unspecified atom stereocenters. The molecule has 0 saturated heterocycles. The van der Waals surface area contributed by atoms with Crippen LogP contribution in [0.15, 0.2) is 174 Å². The van der Waals surface area contributed by atoms with Crippen LogP contribution in [0.3, 0.4) is 0 Å². The predicted molar refractivity (Wildman–Crippen MR) is 213 cm³/mol. The number of para-hydroxylation sites is 2. The lowest BCUT2D eigenvalue weighted by atomic mass is 10.0. The van der Waals surface area contributed by atoms with E-state index in [-0.39, 0.29) is 0 Å². The van der Waals surface area contributed by atoms with E-state index < -0.39 is 0 Å². The van der Waals surface area contributed by atoms with Crippen LogP contribution in [-0.4, -0.2) is 4.57 Å². The molecule has 0 N–H and O–H groups in total. The van der Waals surface area contributed by atoms with Gasteiger partial charge in [0.25, 0.3) is 0 Å². The van der Waals surface area contributed by atoms with E-state index in [1.54, 1.807) is 0 Å². The van der Waals surface area contributed by atoms with Gasteiger partial charge < -0.3 is 13.9 Å². The van der Waals surface area contributed by atoms with Gasteiger partial charge in [-0.1, -0.05) is 97.1 Å². The molecular formula is C46H28N2OS. The highest BCUT2D eigenvalue weighted by Gasteiger charge is 2.22. The molecule has 8 aromatic carbocycles. The van der Waals surface area contributed by atoms with E-state index in [4.69, 9.17) is 4.42 Å². The van der Waals surface area contributed by atoms with E-state index >= 15 is 0 Å². The summed E-state index contributed by atoms with van der Waals surface area (Å²) >= 11 is 1.85. The molecule has 11 rings (SSSR count). The number of thiophene rings is 1. The third-order valence-corrected chi connectivity index (χ3v) is 11.3. The van der Waals surface area contributed by atoms with Crippen molar-refractivity contribution in [2.24, 2.45) is 0 Å². The fraction of sp³-hybridized carbons (Fsp3) is 0. The van der Waals surface area contributed by atoms with Crippen LogP contribution in [0.5, 0.6) is 0 Å². The predicted octanol–water partition coefficient (Wildman–Crippen LogP) is 13.7. The first-order chi connectivity index (χ1) is 24.8. The molecule has 0 fully saturated rings. The van der Waals surface area contributed by atoms with Crippen LogP contribution >= 0.6 is 11.3 Å². The highest BCUT2D eigenvalue weighted by molar-refractivity contribution is 7.25. The van der Waals surface area contributed by atoms with Crippen molar-refractivity contribution in [3.63, 3.8) is 0 Å². The van der Waals surface area contributed by atoms with Crippen molar-refractivity contribution in [2.75, 3.05) is 4.90 Å². The zero-order valence-corrected chi connectivity index (χ0v) is 27.7. The third-order valence-electron chi connectivity index (χ3n) is 10.2. The minimum absolute atomic E-state index is 0.878. The molecule has 4 heteroatoms. The van der Waals surface area contributed by atoms with Crippen LogP contribution in [0.2, 0.25) is 0 Å². The lowest BCUT2D eigenvalue weighted by molar-refractivity contribution is 0.672. The first-order valence-corrected chi connectivity index (χ1v) is 17.7. The third kappa shape index (κ3) is 3.97. The Morgan fingerprint density at radius 1 is 0.460 bits per heavy atom. The average molecular weight is 657 g/mol. The van der Waals surface area contributed by atoms with Crippen LogP contribution < -0.4 is 4.90 Å². The smallest absolute Gasteiger partial charge is 0.143 e. The summed E-state index contributed by atoms with van der Waals surface area (Å²) < 4.78 is 11.6. The summed E-state index contributed by atoms with van der Waals surface area (Å²) in [5.41, 5.74) is 8.62. The van der Waals surface area contributed by atoms with Gasteiger partial charge in [-0.05, 0) is 78.2 Å². The molecule has 0 bridgehead atoms. The van der Waals surface area contributed by atoms with Gasteiger partial charge >= 0.3 is 0 Å². The molecule has 0 aliphatic carbocycles. The molecule has 0 atom stereocenters. The molecule has 11 aromatic rings. The average Bonchev–Trinajstić information content (AvgIpc) is 3.85. The van der Waals surface area contributed by atoms with Gasteiger partial charge in [0.15, 0.2) is 0 Å². The van der Waals surface area contributed by atoms with E-state index in [2.05, 4.69) is 179 Å². The van der Waals surface area contributed by atoms with Crippen LogP contribution in [0.25, 0.3) is 80.4 Å². The maximum Gasteiger partial charge on any atom is 0.143 e. The fourth-order valence-corrected chi connectivity index (χ4v) is 9.10. The second-order valence-electron chi connectivity index (χ2n) is 12.9. The minimum Gasteiger partial charge on any atom is -0.455 e. The zero-order chi connectivity index (χ0) is 32.8.